The van der Waals surface area contributed by atoms with E-state index in [1.807, 2.05) is 24.3 Å². The quantitative estimate of drug-likeness (QED) is 0.677. The summed E-state index contributed by atoms with van der Waals surface area (Å²) in [6, 6.07) is 12.3. The first-order valence-corrected chi connectivity index (χ1v) is 11.4. The molecule has 8 heteroatoms. The van der Waals surface area contributed by atoms with Crippen LogP contribution < -0.4 is 5.32 Å². The van der Waals surface area contributed by atoms with Gasteiger partial charge in [0.25, 0.3) is 5.91 Å². The van der Waals surface area contributed by atoms with Crippen molar-refractivity contribution in [2.45, 2.75) is 24.7 Å². The minimum atomic E-state index is -3.64. The Morgan fingerprint density at radius 1 is 1.17 bits per heavy atom. The van der Waals surface area contributed by atoms with Crippen molar-refractivity contribution in [1.29, 1.82) is 0 Å². The van der Waals surface area contributed by atoms with E-state index in [4.69, 9.17) is 16.3 Å². The minimum Gasteiger partial charge on any atom is -0.379 e. The molecule has 0 bridgehead atoms. The van der Waals surface area contributed by atoms with E-state index in [0.29, 0.717) is 38.4 Å². The molecule has 1 N–H and O–H groups in total. The van der Waals surface area contributed by atoms with Gasteiger partial charge in [0.2, 0.25) is 10.0 Å². The van der Waals surface area contributed by atoms with Gasteiger partial charge in [-0.3, -0.25) is 4.79 Å². The van der Waals surface area contributed by atoms with Gasteiger partial charge in [-0.25, -0.2) is 8.42 Å². The molecule has 29 heavy (non-hydrogen) atoms. The van der Waals surface area contributed by atoms with Crippen LogP contribution in [0, 0.1) is 6.92 Å². The van der Waals surface area contributed by atoms with Crippen LogP contribution in [-0.2, 0) is 21.2 Å². The molecule has 6 nitrogen and oxygen atoms in total. The molecule has 0 saturated carbocycles. The van der Waals surface area contributed by atoms with E-state index in [2.05, 4.69) is 5.32 Å². The standard InChI is InChI=1S/C21H25ClN2O4S/c1-16-8-9-18(29(26,27)24-11-13-28-14-12-24)15-19(16)21(25)23-10-4-6-17-5-2-3-7-20(17)22/h2-3,5,7-9,15H,4,6,10-14H2,1H3,(H,23,25). The third kappa shape index (κ3) is 5.36. The molecule has 0 aliphatic carbocycles. The monoisotopic (exact) mass is 436 g/mol. The van der Waals surface area contributed by atoms with Crippen LogP contribution in [0.3, 0.4) is 0 Å². The van der Waals surface area contributed by atoms with E-state index in [1.165, 1.54) is 10.4 Å². The molecule has 0 unspecified atom stereocenters. The number of morpholine rings is 1. The molecule has 1 aliphatic heterocycles. The Balaban J connectivity index is 1.64. The lowest BCUT2D eigenvalue weighted by Gasteiger charge is -2.26. The topological polar surface area (TPSA) is 75.7 Å². The van der Waals surface area contributed by atoms with E-state index < -0.39 is 10.0 Å². The number of hydrogen-bond acceptors (Lipinski definition) is 4. The Morgan fingerprint density at radius 3 is 2.62 bits per heavy atom. The van der Waals surface area contributed by atoms with Crippen molar-refractivity contribution in [2.24, 2.45) is 0 Å². The molecule has 0 radical (unpaired) electrons. The van der Waals surface area contributed by atoms with Crippen molar-refractivity contribution in [3.63, 3.8) is 0 Å². The number of carbonyl (C=O) groups excluding carboxylic acids is 1. The highest BCUT2D eigenvalue weighted by Crippen LogP contribution is 2.21. The molecule has 3 rings (SSSR count). The number of hydrogen-bond donors (Lipinski definition) is 1. The summed E-state index contributed by atoms with van der Waals surface area (Å²) in [5.41, 5.74) is 2.14. The Labute approximate surface area is 176 Å². The van der Waals surface area contributed by atoms with Crippen LogP contribution in [0.2, 0.25) is 5.02 Å². The highest BCUT2D eigenvalue weighted by molar-refractivity contribution is 7.89. The van der Waals surface area contributed by atoms with Gasteiger partial charge in [0.1, 0.15) is 0 Å². The Bertz CT molecular complexity index is 972. The molecule has 1 fully saturated rings. The highest BCUT2D eigenvalue weighted by Gasteiger charge is 2.27. The molecule has 0 spiro atoms. The van der Waals surface area contributed by atoms with E-state index in [1.54, 1.807) is 19.1 Å². The molecule has 1 amide bonds. The molecular formula is C21H25ClN2O4S. The second-order valence-electron chi connectivity index (χ2n) is 6.94. The third-order valence-electron chi connectivity index (χ3n) is 4.93. The van der Waals surface area contributed by atoms with Crippen molar-refractivity contribution >= 4 is 27.5 Å². The first-order valence-electron chi connectivity index (χ1n) is 9.60. The summed E-state index contributed by atoms with van der Waals surface area (Å²) in [5.74, 6) is -0.277. The van der Waals surface area contributed by atoms with Gasteiger partial charge < -0.3 is 10.1 Å². The molecule has 2 aromatic rings. The number of halogens is 1. The van der Waals surface area contributed by atoms with E-state index >= 15 is 0 Å². The minimum absolute atomic E-state index is 0.131. The largest absolute Gasteiger partial charge is 0.379 e. The average molecular weight is 437 g/mol. The number of sulfonamides is 1. The smallest absolute Gasteiger partial charge is 0.251 e. The summed E-state index contributed by atoms with van der Waals surface area (Å²) in [6.45, 7) is 3.67. The van der Waals surface area contributed by atoms with Crippen molar-refractivity contribution in [3.8, 4) is 0 Å². The lowest BCUT2D eigenvalue weighted by atomic mass is 10.1. The zero-order valence-corrected chi connectivity index (χ0v) is 17.9. The fourth-order valence-electron chi connectivity index (χ4n) is 3.22. The molecule has 0 aromatic heterocycles. The maximum Gasteiger partial charge on any atom is 0.251 e. The van der Waals surface area contributed by atoms with E-state index in [9.17, 15) is 13.2 Å². The summed E-state index contributed by atoms with van der Waals surface area (Å²) in [5, 5.41) is 3.60. The van der Waals surface area contributed by atoms with Gasteiger partial charge in [0.15, 0.2) is 0 Å². The number of benzene rings is 2. The highest BCUT2D eigenvalue weighted by atomic mass is 35.5. The van der Waals surface area contributed by atoms with Gasteiger partial charge in [-0.05, 0) is 49.1 Å². The molecule has 2 aromatic carbocycles. The van der Waals surface area contributed by atoms with Crippen LogP contribution in [0.25, 0.3) is 0 Å². The Hall–Kier alpha value is -1.93. The fraction of sp³-hybridized carbons (Fsp3) is 0.381. The molecule has 1 saturated heterocycles. The number of rotatable bonds is 7. The maximum atomic E-state index is 12.8. The van der Waals surface area contributed by atoms with Crippen LogP contribution >= 0.6 is 11.6 Å². The SMILES string of the molecule is Cc1ccc(S(=O)(=O)N2CCOCC2)cc1C(=O)NCCCc1ccccc1Cl. The van der Waals surface area contributed by atoms with Crippen molar-refractivity contribution in [2.75, 3.05) is 32.8 Å². The van der Waals surface area contributed by atoms with E-state index in [-0.39, 0.29) is 10.8 Å². The molecule has 1 aliphatic rings. The summed E-state index contributed by atoms with van der Waals surface area (Å²) in [6.07, 6.45) is 1.49. The predicted molar refractivity (Wildman–Crippen MR) is 113 cm³/mol. The number of nitrogens with zero attached hydrogens (tertiary/aromatic N) is 1. The van der Waals surface area contributed by atoms with Crippen molar-refractivity contribution in [1.82, 2.24) is 9.62 Å². The number of aryl methyl sites for hydroxylation is 2. The van der Waals surface area contributed by atoms with E-state index in [0.717, 1.165) is 29.0 Å². The van der Waals surface area contributed by atoms with Crippen LogP contribution in [0.5, 0.6) is 0 Å². The zero-order chi connectivity index (χ0) is 20.9. The number of amides is 1. The normalized spacial score (nSPS) is 15.2. The number of ether oxygens (including phenoxy) is 1. The second kappa shape index (κ2) is 9.71. The fourth-order valence-corrected chi connectivity index (χ4v) is 4.88. The van der Waals surface area contributed by atoms with Crippen molar-refractivity contribution in [3.05, 3.63) is 64.2 Å². The molecule has 1 heterocycles. The summed E-state index contributed by atoms with van der Waals surface area (Å²) >= 11 is 6.15. The zero-order valence-electron chi connectivity index (χ0n) is 16.4. The summed E-state index contributed by atoms with van der Waals surface area (Å²) in [7, 11) is -3.64. The summed E-state index contributed by atoms with van der Waals surface area (Å²) in [4.78, 5) is 12.8. The van der Waals surface area contributed by atoms with Gasteiger partial charge in [0, 0.05) is 30.2 Å². The third-order valence-corrected chi connectivity index (χ3v) is 7.19. The summed E-state index contributed by atoms with van der Waals surface area (Å²) < 4.78 is 32.3. The van der Waals surface area contributed by atoms with Crippen LogP contribution in [-0.4, -0.2) is 51.5 Å². The average Bonchev–Trinajstić information content (AvgIpc) is 2.73. The maximum absolute atomic E-state index is 12.8. The number of nitrogens with one attached hydrogen (secondary N) is 1. The lowest BCUT2D eigenvalue weighted by molar-refractivity contribution is 0.0730. The van der Waals surface area contributed by atoms with Gasteiger partial charge >= 0.3 is 0 Å². The molecular weight excluding hydrogens is 412 g/mol. The van der Waals surface area contributed by atoms with Gasteiger partial charge in [-0.1, -0.05) is 35.9 Å². The van der Waals surface area contributed by atoms with Gasteiger partial charge in [-0.15, -0.1) is 0 Å². The van der Waals surface area contributed by atoms with Crippen LogP contribution in [0.15, 0.2) is 47.4 Å². The Morgan fingerprint density at radius 2 is 1.90 bits per heavy atom. The molecule has 156 valence electrons. The van der Waals surface area contributed by atoms with Crippen molar-refractivity contribution < 1.29 is 17.9 Å². The molecule has 0 atom stereocenters. The first-order chi connectivity index (χ1) is 13.9. The second-order valence-corrected chi connectivity index (χ2v) is 9.29. The van der Waals surface area contributed by atoms with Crippen LogP contribution in [0.1, 0.15) is 27.9 Å². The Kier molecular flexibility index (Phi) is 7.29. The lowest BCUT2D eigenvalue weighted by Crippen LogP contribution is -2.40. The van der Waals surface area contributed by atoms with Gasteiger partial charge in [0.05, 0.1) is 18.1 Å². The number of carbonyl (C=O) groups is 1. The van der Waals surface area contributed by atoms with Crippen LogP contribution in [0.4, 0.5) is 0 Å². The first kappa shape index (κ1) is 21.8. The predicted octanol–water partition coefficient (Wildman–Crippen LogP) is 3.03. The van der Waals surface area contributed by atoms with Gasteiger partial charge in [-0.2, -0.15) is 4.31 Å².